The van der Waals surface area contributed by atoms with E-state index in [9.17, 15) is 9.59 Å². The molecule has 5 heteroatoms. The Morgan fingerprint density at radius 3 is 2.43 bits per heavy atom. The van der Waals surface area contributed by atoms with E-state index in [0.717, 1.165) is 42.6 Å². The molecule has 1 aliphatic carbocycles. The van der Waals surface area contributed by atoms with Gasteiger partial charge < -0.3 is 15.0 Å². The first-order valence-corrected chi connectivity index (χ1v) is 11.1. The number of benzene rings is 2. The van der Waals surface area contributed by atoms with Gasteiger partial charge in [0.15, 0.2) is 0 Å². The lowest BCUT2D eigenvalue weighted by Gasteiger charge is -2.27. The molecule has 0 bridgehead atoms. The fourth-order valence-electron chi connectivity index (χ4n) is 4.57. The Morgan fingerprint density at radius 2 is 1.73 bits per heavy atom. The fraction of sp³-hybridized carbons (Fsp3) is 0.440. The van der Waals surface area contributed by atoms with Crippen molar-refractivity contribution in [2.75, 3.05) is 6.61 Å². The van der Waals surface area contributed by atoms with Crippen molar-refractivity contribution in [2.45, 2.75) is 64.1 Å². The molecule has 2 amide bonds. The number of carbonyl (C=O) groups excluding carboxylic acids is 2. The average molecular weight is 407 g/mol. The highest BCUT2D eigenvalue weighted by Crippen LogP contribution is 2.35. The van der Waals surface area contributed by atoms with Crippen molar-refractivity contribution < 1.29 is 14.3 Å². The molecule has 1 aliphatic heterocycles. The van der Waals surface area contributed by atoms with E-state index in [-0.39, 0.29) is 17.9 Å². The number of carbonyl (C=O) groups is 2. The van der Waals surface area contributed by atoms with Crippen LogP contribution < -0.4 is 10.1 Å². The molecule has 2 aromatic carbocycles. The van der Waals surface area contributed by atoms with Gasteiger partial charge in [-0.15, -0.1) is 0 Å². The monoisotopic (exact) mass is 406 g/mol. The summed E-state index contributed by atoms with van der Waals surface area (Å²) in [6.07, 6.45) is 6.82. The zero-order valence-corrected chi connectivity index (χ0v) is 17.6. The predicted molar refractivity (Wildman–Crippen MR) is 116 cm³/mol. The van der Waals surface area contributed by atoms with Gasteiger partial charge in [0, 0.05) is 18.2 Å². The first kappa shape index (κ1) is 20.5. The van der Waals surface area contributed by atoms with Gasteiger partial charge in [-0.05, 0) is 49.1 Å². The number of amides is 2. The van der Waals surface area contributed by atoms with Gasteiger partial charge in [0.2, 0.25) is 5.91 Å². The van der Waals surface area contributed by atoms with Gasteiger partial charge >= 0.3 is 0 Å². The molecular weight excluding hydrogens is 376 g/mol. The van der Waals surface area contributed by atoms with Crippen LogP contribution >= 0.6 is 0 Å². The van der Waals surface area contributed by atoms with Gasteiger partial charge in [0.1, 0.15) is 11.8 Å². The van der Waals surface area contributed by atoms with Crippen LogP contribution in [0.4, 0.5) is 0 Å². The molecule has 1 fully saturated rings. The smallest absolute Gasteiger partial charge is 0.255 e. The topological polar surface area (TPSA) is 58.6 Å². The molecule has 0 aromatic heterocycles. The van der Waals surface area contributed by atoms with E-state index in [1.54, 1.807) is 4.90 Å². The van der Waals surface area contributed by atoms with E-state index in [0.29, 0.717) is 18.7 Å². The third-order valence-electron chi connectivity index (χ3n) is 6.10. The predicted octanol–water partition coefficient (Wildman–Crippen LogP) is 4.62. The second-order valence-electron chi connectivity index (χ2n) is 8.20. The summed E-state index contributed by atoms with van der Waals surface area (Å²) >= 11 is 0. The van der Waals surface area contributed by atoms with Crippen LogP contribution in [0.2, 0.25) is 0 Å². The van der Waals surface area contributed by atoms with E-state index in [1.807, 2.05) is 55.5 Å². The maximum Gasteiger partial charge on any atom is 0.255 e. The Labute approximate surface area is 178 Å². The highest BCUT2D eigenvalue weighted by molar-refractivity contribution is 6.04. The van der Waals surface area contributed by atoms with Crippen molar-refractivity contribution in [1.82, 2.24) is 10.2 Å². The number of nitrogens with one attached hydrogen (secondary N) is 1. The molecule has 0 saturated heterocycles. The first-order valence-electron chi connectivity index (χ1n) is 11.1. The lowest BCUT2D eigenvalue weighted by atomic mass is 10.0. The van der Waals surface area contributed by atoms with E-state index < -0.39 is 6.04 Å². The molecule has 5 nitrogen and oxygen atoms in total. The van der Waals surface area contributed by atoms with Gasteiger partial charge in [-0.2, -0.15) is 0 Å². The second-order valence-corrected chi connectivity index (χ2v) is 8.20. The van der Waals surface area contributed by atoms with Crippen molar-refractivity contribution in [3.8, 4) is 5.75 Å². The van der Waals surface area contributed by atoms with Gasteiger partial charge in [-0.1, -0.05) is 56.0 Å². The van der Waals surface area contributed by atoms with Crippen LogP contribution in [0.25, 0.3) is 0 Å². The molecule has 0 unspecified atom stereocenters. The van der Waals surface area contributed by atoms with Crippen LogP contribution in [0.15, 0.2) is 48.5 Å². The van der Waals surface area contributed by atoms with Crippen LogP contribution in [0.5, 0.6) is 5.75 Å². The van der Waals surface area contributed by atoms with Gasteiger partial charge in [0.25, 0.3) is 5.91 Å². The number of rotatable bonds is 6. The van der Waals surface area contributed by atoms with Crippen molar-refractivity contribution in [3.05, 3.63) is 65.2 Å². The maximum atomic E-state index is 13.3. The Bertz CT molecular complexity index is 886. The number of hydrogen-bond acceptors (Lipinski definition) is 3. The van der Waals surface area contributed by atoms with Crippen LogP contribution in [-0.4, -0.2) is 29.4 Å². The van der Waals surface area contributed by atoms with Crippen molar-refractivity contribution in [1.29, 1.82) is 0 Å². The lowest BCUT2D eigenvalue weighted by Crippen LogP contribution is -2.43. The highest BCUT2D eigenvalue weighted by atomic mass is 16.5. The second kappa shape index (κ2) is 9.33. The Hall–Kier alpha value is -2.82. The summed E-state index contributed by atoms with van der Waals surface area (Å²) in [4.78, 5) is 28.2. The highest BCUT2D eigenvalue weighted by Gasteiger charge is 2.41. The number of nitrogens with zero attached hydrogens (tertiary/aromatic N) is 1. The van der Waals surface area contributed by atoms with Crippen LogP contribution in [-0.2, 0) is 11.3 Å². The van der Waals surface area contributed by atoms with Gasteiger partial charge in [-0.25, -0.2) is 0 Å². The molecule has 1 saturated carbocycles. The Balaban J connectivity index is 1.56. The SMILES string of the molecule is CCOc1ccc(CN2C(=O)c3ccccc3[C@H]2C(=O)NC2CCCCCC2)cc1. The Kier molecular flexibility index (Phi) is 6.36. The quantitative estimate of drug-likeness (QED) is 0.712. The minimum atomic E-state index is -0.580. The standard InChI is InChI=1S/C25H30N2O3/c1-2-30-20-15-13-18(14-16-20)17-27-23(21-11-7-8-12-22(21)25(27)29)24(28)26-19-9-5-3-4-6-10-19/h7-8,11-16,19,23H,2-6,9-10,17H2,1H3,(H,26,28)/t23-/m0/s1. The van der Waals surface area contributed by atoms with Crippen LogP contribution in [0.1, 0.15) is 73.0 Å². The molecular formula is C25H30N2O3. The summed E-state index contributed by atoms with van der Waals surface area (Å²) in [7, 11) is 0. The third kappa shape index (κ3) is 4.35. The molecule has 0 radical (unpaired) electrons. The van der Waals surface area contributed by atoms with Crippen molar-refractivity contribution in [3.63, 3.8) is 0 Å². The molecule has 1 heterocycles. The molecule has 1 atom stereocenters. The van der Waals surface area contributed by atoms with Crippen molar-refractivity contribution in [2.24, 2.45) is 0 Å². The number of ether oxygens (including phenoxy) is 1. The summed E-state index contributed by atoms with van der Waals surface area (Å²) in [5, 5.41) is 3.25. The summed E-state index contributed by atoms with van der Waals surface area (Å²) in [5.41, 5.74) is 2.41. The van der Waals surface area contributed by atoms with Gasteiger partial charge in [-0.3, -0.25) is 9.59 Å². The fourth-order valence-corrected chi connectivity index (χ4v) is 4.57. The zero-order valence-electron chi connectivity index (χ0n) is 17.6. The summed E-state index contributed by atoms with van der Waals surface area (Å²) in [6, 6.07) is 14.8. The Morgan fingerprint density at radius 1 is 1.03 bits per heavy atom. The molecule has 0 spiro atoms. The molecule has 2 aromatic rings. The number of fused-ring (bicyclic) bond motifs is 1. The van der Waals surface area contributed by atoms with Crippen molar-refractivity contribution >= 4 is 11.8 Å². The van der Waals surface area contributed by atoms with Crippen LogP contribution in [0, 0.1) is 0 Å². The molecule has 30 heavy (non-hydrogen) atoms. The van der Waals surface area contributed by atoms with Gasteiger partial charge in [0.05, 0.1) is 6.61 Å². The molecule has 4 rings (SSSR count). The summed E-state index contributed by atoms with van der Waals surface area (Å²) in [5.74, 6) is 0.659. The third-order valence-corrected chi connectivity index (χ3v) is 6.10. The van der Waals surface area contributed by atoms with E-state index >= 15 is 0 Å². The minimum absolute atomic E-state index is 0.0638. The lowest BCUT2D eigenvalue weighted by molar-refractivity contribution is -0.126. The average Bonchev–Trinajstić information content (AvgIpc) is 2.90. The summed E-state index contributed by atoms with van der Waals surface area (Å²) < 4.78 is 5.51. The van der Waals surface area contributed by atoms with E-state index in [1.165, 1.54) is 12.8 Å². The molecule has 2 aliphatic rings. The van der Waals surface area contributed by atoms with E-state index in [2.05, 4.69) is 5.32 Å². The first-order chi connectivity index (χ1) is 14.7. The van der Waals surface area contributed by atoms with Crippen LogP contribution in [0.3, 0.4) is 0 Å². The summed E-state index contributed by atoms with van der Waals surface area (Å²) in [6.45, 7) is 2.96. The maximum absolute atomic E-state index is 13.3. The molecule has 158 valence electrons. The van der Waals surface area contributed by atoms with E-state index in [4.69, 9.17) is 4.74 Å². The minimum Gasteiger partial charge on any atom is -0.494 e. The zero-order chi connectivity index (χ0) is 20.9. The largest absolute Gasteiger partial charge is 0.494 e. The normalized spacial score (nSPS) is 19.3. The molecule has 1 N–H and O–H groups in total. The number of hydrogen-bond donors (Lipinski definition) is 1.